The molecule has 0 radical (unpaired) electrons. The van der Waals surface area contributed by atoms with Crippen LogP contribution in [0, 0.1) is 25.7 Å². The molecule has 4 rings (SSSR count). The van der Waals surface area contributed by atoms with Gasteiger partial charge in [-0.05, 0) is 39.2 Å². The number of hydrogen-bond acceptors (Lipinski definition) is 7. The van der Waals surface area contributed by atoms with Gasteiger partial charge in [0.05, 0.1) is 17.2 Å². The van der Waals surface area contributed by atoms with Crippen molar-refractivity contribution in [3.8, 4) is 0 Å². The van der Waals surface area contributed by atoms with Gasteiger partial charge in [0.15, 0.2) is 11.9 Å². The van der Waals surface area contributed by atoms with Crippen LogP contribution in [-0.4, -0.2) is 39.2 Å². The molecule has 2 aliphatic rings. The summed E-state index contributed by atoms with van der Waals surface area (Å²) in [7, 11) is 0. The molecule has 0 unspecified atom stereocenters. The average Bonchev–Trinajstić information content (AvgIpc) is 3.10. The Kier molecular flexibility index (Phi) is 5.02. The molecule has 1 aliphatic heterocycles. The first-order valence-corrected chi connectivity index (χ1v) is 10.6. The highest BCUT2D eigenvalue weighted by atomic mass is 32.1. The third-order valence-electron chi connectivity index (χ3n) is 5.97. The molecule has 2 aromatic heterocycles. The molecular weight excluding hydrogens is 394 g/mol. The monoisotopic (exact) mass is 417 g/mol. The summed E-state index contributed by atoms with van der Waals surface area (Å²) in [5.74, 6) is -1.60. The van der Waals surface area contributed by atoms with Gasteiger partial charge in [-0.3, -0.25) is 24.1 Å². The smallest absolute Gasteiger partial charge is 0.326 e. The van der Waals surface area contributed by atoms with Gasteiger partial charge < -0.3 is 9.72 Å². The first-order chi connectivity index (χ1) is 13.8. The molecule has 1 N–H and O–H groups in total. The maximum Gasteiger partial charge on any atom is 0.326 e. The predicted octanol–water partition coefficient (Wildman–Crippen LogP) is 2.38. The Morgan fingerprint density at radius 3 is 2.45 bits per heavy atom. The number of ether oxygens (including phenoxy) is 1. The molecule has 0 bridgehead atoms. The van der Waals surface area contributed by atoms with E-state index in [0.717, 1.165) is 28.2 Å². The van der Waals surface area contributed by atoms with Crippen molar-refractivity contribution < 1.29 is 19.1 Å². The molecular formula is C20H23N3O5S. The number of hydrogen-bond donors (Lipinski definition) is 1. The molecule has 154 valence electrons. The standard InChI is InChI=1S/C20H23N3O5S/c1-9-11(3)29-18-15(9)17(25)21-16(22-18)10(2)28-14(24)8-23-19(26)12-6-4-5-7-13(12)20(23)27/h10,12-13H,4-8H2,1-3H3,(H,21,22,25)/t10-,12-,13-/m0/s1. The van der Waals surface area contributed by atoms with Crippen LogP contribution in [0.25, 0.3) is 10.2 Å². The SMILES string of the molecule is Cc1sc2nc([C@H](C)OC(=O)CN3C(=O)[C@H]4CCCC[C@@H]4C3=O)[nH]c(=O)c2c1C. The Morgan fingerprint density at radius 2 is 1.83 bits per heavy atom. The van der Waals surface area contributed by atoms with E-state index in [1.807, 2.05) is 13.8 Å². The van der Waals surface area contributed by atoms with Gasteiger partial charge in [0, 0.05) is 4.88 Å². The Labute approximate surface area is 171 Å². The summed E-state index contributed by atoms with van der Waals surface area (Å²) in [5.41, 5.74) is 0.617. The van der Waals surface area contributed by atoms with Crippen molar-refractivity contribution in [3.05, 3.63) is 26.6 Å². The normalized spacial score (nSPS) is 22.8. The molecule has 2 fully saturated rings. The van der Waals surface area contributed by atoms with Gasteiger partial charge in [-0.25, -0.2) is 4.98 Å². The summed E-state index contributed by atoms with van der Waals surface area (Å²) < 4.78 is 5.38. The lowest BCUT2D eigenvalue weighted by molar-refractivity contribution is -0.156. The van der Waals surface area contributed by atoms with Gasteiger partial charge in [-0.2, -0.15) is 0 Å². The summed E-state index contributed by atoms with van der Waals surface area (Å²) in [5, 5.41) is 0.547. The minimum atomic E-state index is -0.808. The van der Waals surface area contributed by atoms with Gasteiger partial charge in [0.1, 0.15) is 11.4 Å². The molecule has 0 aromatic carbocycles. The molecule has 1 aliphatic carbocycles. The molecule has 0 spiro atoms. The number of thiophene rings is 1. The van der Waals surface area contributed by atoms with E-state index in [0.29, 0.717) is 23.1 Å². The second kappa shape index (κ2) is 7.37. The van der Waals surface area contributed by atoms with Crippen molar-refractivity contribution in [2.24, 2.45) is 11.8 Å². The van der Waals surface area contributed by atoms with Gasteiger partial charge in [-0.1, -0.05) is 12.8 Å². The fourth-order valence-electron chi connectivity index (χ4n) is 4.27. The first kappa shape index (κ1) is 19.8. The highest BCUT2D eigenvalue weighted by Gasteiger charge is 2.48. The maximum absolute atomic E-state index is 12.5. The minimum Gasteiger partial charge on any atom is -0.453 e. The third-order valence-corrected chi connectivity index (χ3v) is 7.07. The van der Waals surface area contributed by atoms with Crippen LogP contribution in [0.4, 0.5) is 0 Å². The van der Waals surface area contributed by atoms with E-state index in [1.54, 1.807) is 6.92 Å². The highest BCUT2D eigenvalue weighted by molar-refractivity contribution is 7.18. The van der Waals surface area contributed by atoms with Crippen molar-refractivity contribution in [2.45, 2.75) is 52.6 Å². The summed E-state index contributed by atoms with van der Waals surface area (Å²) >= 11 is 1.41. The molecule has 3 heterocycles. The van der Waals surface area contributed by atoms with E-state index in [-0.39, 0.29) is 35.0 Å². The summed E-state index contributed by atoms with van der Waals surface area (Å²) in [6.07, 6.45) is 2.44. The topological polar surface area (TPSA) is 109 Å². The Hall–Kier alpha value is -2.55. The number of carbonyl (C=O) groups is 3. The number of nitrogens with zero attached hydrogens (tertiary/aromatic N) is 2. The van der Waals surface area contributed by atoms with Crippen LogP contribution in [0.15, 0.2) is 4.79 Å². The highest BCUT2D eigenvalue weighted by Crippen LogP contribution is 2.38. The van der Waals surface area contributed by atoms with Crippen LogP contribution in [0.1, 0.15) is 55.0 Å². The van der Waals surface area contributed by atoms with Crippen LogP contribution in [0.2, 0.25) is 0 Å². The van der Waals surface area contributed by atoms with Crippen LogP contribution in [0.3, 0.4) is 0 Å². The molecule has 9 heteroatoms. The molecule has 2 amide bonds. The Morgan fingerprint density at radius 1 is 1.21 bits per heavy atom. The zero-order valence-electron chi connectivity index (χ0n) is 16.6. The minimum absolute atomic E-state index is 0.241. The lowest BCUT2D eigenvalue weighted by Gasteiger charge is -2.19. The van der Waals surface area contributed by atoms with Gasteiger partial charge in [0.2, 0.25) is 11.8 Å². The third kappa shape index (κ3) is 3.37. The number of carbonyl (C=O) groups excluding carboxylic acids is 3. The van der Waals surface area contributed by atoms with E-state index in [9.17, 15) is 19.2 Å². The van der Waals surface area contributed by atoms with E-state index in [4.69, 9.17) is 4.74 Å². The molecule has 1 saturated heterocycles. The van der Waals surface area contributed by atoms with E-state index in [2.05, 4.69) is 9.97 Å². The van der Waals surface area contributed by atoms with E-state index in [1.165, 1.54) is 11.3 Å². The van der Waals surface area contributed by atoms with Gasteiger partial charge in [-0.15, -0.1) is 11.3 Å². The van der Waals surface area contributed by atoms with Crippen molar-refractivity contribution in [1.82, 2.24) is 14.9 Å². The second-order valence-corrected chi connectivity index (χ2v) is 9.01. The number of amides is 2. The predicted molar refractivity (Wildman–Crippen MR) is 106 cm³/mol. The fourth-order valence-corrected chi connectivity index (χ4v) is 5.31. The lowest BCUT2D eigenvalue weighted by Crippen LogP contribution is -2.37. The number of aromatic nitrogens is 2. The maximum atomic E-state index is 12.5. The van der Waals surface area contributed by atoms with Gasteiger partial charge >= 0.3 is 5.97 Å². The molecule has 29 heavy (non-hydrogen) atoms. The van der Waals surface area contributed by atoms with Crippen LogP contribution < -0.4 is 5.56 Å². The number of aromatic amines is 1. The largest absolute Gasteiger partial charge is 0.453 e. The van der Waals surface area contributed by atoms with Crippen LogP contribution in [-0.2, 0) is 19.1 Å². The average molecular weight is 417 g/mol. The number of imide groups is 1. The first-order valence-electron chi connectivity index (χ1n) is 9.82. The number of esters is 1. The fraction of sp³-hybridized carbons (Fsp3) is 0.550. The second-order valence-electron chi connectivity index (χ2n) is 7.81. The number of fused-ring (bicyclic) bond motifs is 2. The summed E-state index contributed by atoms with van der Waals surface area (Å²) in [4.78, 5) is 59.6. The van der Waals surface area contributed by atoms with Crippen molar-refractivity contribution >= 4 is 39.3 Å². The molecule has 3 atom stereocenters. The molecule has 2 aromatic rings. The molecule has 8 nitrogen and oxygen atoms in total. The van der Waals surface area contributed by atoms with E-state index >= 15 is 0 Å². The van der Waals surface area contributed by atoms with Crippen molar-refractivity contribution in [3.63, 3.8) is 0 Å². The number of aryl methyl sites for hydroxylation is 2. The quantitative estimate of drug-likeness (QED) is 0.604. The van der Waals surface area contributed by atoms with Crippen molar-refractivity contribution in [1.29, 1.82) is 0 Å². The summed E-state index contributed by atoms with van der Waals surface area (Å²) in [6, 6.07) is 0. The Balaban J connectivity index is 1.47. The van der Waals surface area contributed by atoms with Gasteiger partial charge in [0.25, 0.3) is 5.56 Å². The number of nitrogens with one attached hydrogen (secondary N) is 1. The number of rotatable bonds is 4. The number of H-pyrrole nitrogens is 1. The zero-order chi connectivity index (χ0) is 20.9. The van der Waals surface area contributed by atoms with Crippen LogP contribution >= 0.6 is 11.3 Å². The Bertz CT molecular complexity index is 1050. The number of likely N-dealkylation sites (tertiary alicyclic amines) is 1. The van der Waals surface area contributed by atoms with Crippen molar-refractivity contribution in [2.75, 3.05) is 6.54 Å². The zero-order valence-corrected chi connectivity index (χ0v) is 17.4. The lowest BCUT2D eigenvalue weighted by atomic mass is 9.81. The molecule has 1 saturated carbocycles. The van der Waals surface area contributed by atoms with E-state index < -0.39 is 18.6 Å². The van der Waals surface area contributed by atoms with Crippen LogP contribution in [0.5, 0.6) is 0 Å². The summed E-state index contributed by atoms with van der Waals surface area (Å²) in [6.45, 7) is 4.99.